The molecular weight excluding hydrogens is 272 g/mol. The molecule has 0 unspecified atom stereocenters. The third-order valence-corrected chi connectivity index (χ3v) is 3.70. The highest BCUT2D eigenvalue weighted by Gasteiger charge is 2.55. The topological polar surface area (TPSA) is 55.8 Å². The first-order valence-corrected chi connectivity index (χ1v) is 6.63. The highest BCUT2D eigenvalue weighted by atomic mass is 19.3. The second-order valence-corrected chi connectivity index (χ2v) is 6.24. The monoisotopic (exact) mass is 291 g/mol. The van der Waals surface area contributed by atoms with Gasteiger partial charge in [-0.05, 0) is 33.6 Å². The van der Waals surface area contributed by atoms with Crippen LogP contribution in [0.4, 0.5) is 13.6 Å². The third kappa shape index (κ3) is 2.92. The van der Waals surface area contributed by atoms with E-state index in [4.69, 9.17) is 4.74 Å². The minimum absolute atomic E-state index is 0.270. The number of amides is 1. The molecule has 2 bridgehead atoms. The Kier molecular flexibility index (Phi) is 4.00. The van der Waals surface area contributed by atoms with E-state index in [9.17, 15) is 18.4 Å². The summed E-state index contributed by atoms with van der Waals surface area (Å²) >= 11 is 0. The van der Waals surface area contributed by atoms with Gasteiger partial charge < -0.3 is 14.3 Å². The molecule has 114 valence electrons. The number of carbonyl (C=O) groups excluding carboxylic acids is 2. The van der Waals surface area contributed by atoms with Gasteiger partial charge in [0.2, 0.25) is 0 Å². The predicted molar refractivity (Wildman–Crippen MR) is 65.3 cm³/mol. The van der Waals surface area contributed by atoms with E-state index in [0.717, 1.165) is 0 Å². The Labute approximate surface area is 116 Å². The molecule has 0 N–H and O–H groups in total. The smallest absolute Gasteiger partial charge is 0.411 e. The minimum atomic E-state index is -2.86. The van der Waals surface area contributed by atoms with Crippen molar-refractivity contribution in [3.05, 3.63) is 0 Å². The Balaban J connectivity index is 2.08. The molecule has 2 aliphatic rings. The number of aldehydes is 1. The molecule has 1 amide bonds. The zero-order valence-electron chi connectivity index (χ0n) is 11.7. The summed E-state index contributed by atoms with van der Waals surface area (Å²) in [6.07, 6.45) is 0.195. The Morgan fingerprint density at radius 2 is 2.00 bits per heavy atom. The summed E-state index contributed by atoms with van der Waals surface area (Å²) in [4.78, 5) is 24.7. The molecule has 5 nitrogen and oxygen atoms in total. The fraction of sp³-hybridized carbons (Fsp3) is 0.846. The summed E-state index contributed by atoms with van der Waals surface area (Å²) in [5.74, 6) is -0.376. The maximum Gasteiger partial charge on any atom is 0.411 e. The second-order valence-electron chi connectivity index (χ2n) is 6.24. The lowest BCUT2D eigenvalue weighted by Crippen LogP contribution is -2.51. The van der Waals surface area contributed by atoms with Gasteiger partial charge in [-0.2, -0.15) is 8.78 Å². The van der Waals surface area contributed by atoms with Crippen LogP contribution in [-0.2, 0) is 14.3 Å². The van der Waals surface area contributed by atoms with Gasteiger partial charge in [0.05, 0.1) is 12.1 Å². The lowest BCUT2D eigenvalue weighted by Gasteiger charge is -2.36. The van der Waals surface area contributed by atoms with Gasteiger partial charge in [0.15, 0.2) is 0 Å². The summed E-state index contributed by atoms with van der Waals surface area (Å²) in [7, 11) is 0. The number of alkyl halides is 2. The van der Waals surface area contributed by atoms with Crippen LogP contribution in [0.1, 0.15) is 33.6 Å². The van der Waals surface area contributed by atoms with Crippen LogP contribution in [0.25, 0.3) is 0 Å². The van der Waals surface area contributed by atoms with Crippen LogP contribution in [-0.4, -0.2) is 47.7 Å². The maximum absolute atomic E-state index is 12.3. The summed E-state index contributed by atoms with van der Waals surface area (Å²) in [6, 6.07) is -1.01. The van der Waals surface area contributed by atoms with Crippen LogP contribution in [0.2, 0.25) is 0 Å². The normalized spacial score (nSPS) is 32.8. The summed E-state index contributed by atoms with van der Waals surface area (Å²) in [5, 5.41) is 0. The van der Waals surface area contributed by atoms with Crippen LogP contribution < -0.4 is 0 Å². The molecule has 1 aliphatic carbocycles. The molecule has 7 heteroatoms. The molecule has 1 heterocycles. The lowest BCUT2D eigenvalue weighted by molar-refractivity contribution is -0.181. The number of hydrogen-bond acceptors (Lipinski definition) is 4. The maximum atomic E-state index is 12.3. The standard InChI is InChI=1S/C13H19F2NO4/c1-13(2,3)20-12(18)16-7-4-8(9(16)6-17)10(5-7)19-11(14)15/h6-11H,4-5H2,1-3H3/t7-,8-,9+,10+/m1/s1. The zero-order chi connectivity index (χ0) is 15.1. The van der Waals surface area contributed by atoms with Crippen molar-refractivity contribution in [3.63, 3.8) is 0 Å². The van der Waals surface area contributed by atoms with Crippen molar-refractivity contribution in [1.82, 2.24) is 4.90 Å². The number of fused-ring (bicyclic) bond motifs is 2. The molecule has 1 saturated carbocycles. The molecule has 2 rings (SSSR count). The Morgan fingerprint density at radius 3 is 2.50 bits per heavy atom. The number of rotatable bonds is 3. The van der Waals surface area contributed by atoms with E-state index in [-0.39, 0.29) is 12.0 Å². The molecule has 0 radical (unpaired) electrons. The van der Waals surface area contributed by atoms with Gasteiger partial charge in [0.25, 0.3) is 0 Å². The highest BCUT2D eigenvalue weighted by Crippen LogP contribution is 2.44. The molecule has 1 saturated heterocycles. The Morgan fingerprint density at radius 1 is 1.35 bits per heavy atom. The SMILES string of the molecule is CC(C)(C)OC(=O)N1[C@@H]2C[C@@H]([C@@H](OC(F)F)C2)[C@@H]1C=O. The first-order chi connectivity index (χ1) is 9.23. The van der Waals surface area contributed by atoms with Gasteiger partial charge in [-0.25, -0.2) is 4.79 Å². The molecule has 20 heavy (non-hydrogen) atoms. The van der Waals surface area contributed by atoms with E-state index in [2.05, 4.69) is 4.74 Å². The van der Waals surface area contributed by atoms with E-state index in [1.807, 2.05) is 0 Å². The Bertz CT molecular complexity index is 396. The van der Waals surface area contributed by atoms with Crippen LogP contribution in [0.15, 0.2) is 0 Å². The zero-order valence-corrected chi connectivity index (χ0v) is 11.7. The number of nitrogens with zero attached hydrogens (tertiary/aromatic N) is 1. The molecule has 0 aromatic rings. The number of ether oxygens (including phenoxy) is 2. The van der Waals surface area contributed by atoms with Crippen molar-refractivity contribution in [2.75, 3.05) is 0 Å². The molecule has 0 aromatic carbocycles. The van der Waals surface area contributed by atoms with Crippen molar-refractivity contribution in [3.8, 4) is 0 Å². The average molecular weight is 291 g/mol. The van der Waals surface area contributed by atoms with Gasteiger partial charge >= 0.3 is 12.7 Å². The van der Waals surface area contributed by atoms with Crippen LogP contribution in [0, 0.1) is 5.92 Å². The van der Waals surface area contributed by atoms with Gasteiger partial charge in [0, 0.05) is 12.0 Å². The number of carbonyl (C=O) groups is 2. The van der Waals surface area contributed by atoms with Crippen LogP contribution in [0.5, 0.6) is 0 Å². The number of hydrogen-bond donors (Lipinski definition) is 0. The molecular formula is C13H19F2NO4. The first kappa shape index (κ1) is 15.2. The van der Waals surface area contributed by atoms with Crippen LogP contribution >= 0.6 is 0 Å². The average Bonchev–Trinajstić information content (AvgIpc) is 2.81. The predicted octanol–water partition coefficient (Wildman–Crippen LogP) is 2.19. The number of halogens is 2. The molecule has 1 aliphatic heterocycles. The van der Waals surface area contributed by atoms with Gasteiger partial charge in [0.1, 0.15) is 11.9 Å². The van der Waals surface area contributed by atoms with Crippen LogP contribution in [0.3, 0.4) is 0 Å². The molecule has 0 aromatic heterocycles. The van der Waals surface area contributed by atoms with Crippen molar-refractivity contribution in [1.29, 1.82) is 0 Å². The van der Waals surface area contributed by atoms with E-state index in [1.165, 1.54) is 4.90 Å². The fourth-order valence-electron chi connectivity index (χ4n) is 3.08. The second kappa shape index (κ2) is 5.27. The van der Waals surface area contributed by atoms with E-state index < -0.39 is 30.5 Å². The Hall–Kier alpha value is -1.24. The van der Waals surface area contributed by atoms with E-state index in [0.29, 0.717) is 19.1 Å². The minimum Gasteiger partial charge on any atom is -0.444 e. The lowest BCUT2D eigenvalue weighted by atomic mass is 9.97. The molecule has 4 atom stereocenters. The summed E-state index contributed by atoms with van der Waals surface area (Å²) < 4.78 is 34.4. The largest absolute Gasteiger partial charge is 0.444 e. The van der Waals surface area contributed by atoms with Gasteiger partial charge in [-0.15, -0.1) is 0 Å². The molecule has 2 fully saturated rings. The summed E-state index contributed by atoms with van der Waals surface area (Å²) in [6.45, 7) is 2.34. The fourth-order valence-corrected chi connectivity index (χ4v) is 3.08. The van der Waals surface area contributed by atoms with Crippen molar-refractivity contribution < 1.29 is 27.8 Å². The molecule has 0 spiro atoms. The highest BCUT2D eigenvalue weighted by molar-refractivity contribution is 5.76. The van der Waals surface area contributed by atoms with E-state index in [1.54, 1.807) is 20.8 Å². The van der Waals surface area contributed by atoms with Gasteiger partial charge in [-0.3, -0.25) is 4.90 Å². The number of piperidine rings is 1. The summed E-state index contributed by atoms with van der Waals surface area (Å²) in [5.41, 5.74) is -0.661. The third-order valence-electron chi connectivity index (χ3n) is 3.70. The van der Waals surface area contributed by atoms with Crippen molar-refractivity contribution in [2.24, 2.45) is 5.92 Å². The van der Waals surface area contributed by atoms with Gasteiger partial charge in [-0.1, -0.05) is 0 Å². The number of likely N-dealkylation sites (tertiary alicyclic amines) is 1. The van der Waals surface area contributed by atoms with Crippen molar-refractivity contribution >= 4 is 12.4 Å². The quantitative estimate of drug-likeness (QED) is 0.748. The van der Waals surface area contributed by atoms with Crippen molar-refractivity contribution in [2.45, 2.75) is 64.0 Å². The van der Waals surface area contributed by atoms with E-state index >= 15 is 0 Å². The first-order valence-electron chi connectivity index (χ1n) is 6.63.